The Balaban J connectivity index is 2.67. The third kappa shape index (κ3) is 3.99. The Kier molecular flexibility index (Phi) is 4.84. The monoisotopic (exact) mass is 239 g/mol. The van der Waals surface area contributed by atoms with Crippen molar-refractivity contribution in [3.05, 3.63) is 27.9 Å². The Morgan fingerprint density at radius 2 is 2.35 bits per heavy atom. The van der Waals surface area contributed by atoms with E-state index in [0.717, 1.165) is 12.8 Å². The molecule has 0 amide bonds. The van der Waals surface area contributed by atoms with Gasteiger partial charge in [0.15, 0.2) is 0 Å². The normalized spacial score (nSPS) is 12.2. The molecule has 0 bridgehead atoms. The zero-order valence-corrected chi connectivity index (χ0v) is 10.0. The molecule has 0 saturated heterocycles. The van der Waals surface area contributed by atoms with Crippen LogP contribution in [0.2, 0.25) is 0 Å². The molecule has 0 fully saturated rings. The van der Waals surface area contributed by atoms with Crippen molar-refractivity contribution in [2.45, 2.75) is 32.7 Å². The van der Waals surface area contributed by atoms with E-state index >= 15 is 0 Å². The first-order valence-electron chi connectivity index (χ1n) is 5.53. The average molecular weight is 239 g/mol. The van der Waals surface area contributed by atoms with Crippen LogP contribution < -0.4 is 5.32 Å². The molecule has 1 rings (SSSR count). The number of hydrogen-bond acceptors (Lipinski definition) is 5. The molecule has 1 aromatic rings. The van der Waals surface area contributed by atoms with Gasteiger partial charge in [-0.25, -0.2) is 4.98 Å². The van der Waals surface area contributed by atoms with Crippen LogP contribution >= 0.6 is 0 Å². The van der Waals surface area contributed by atoms with E-state index in [1.54, 1.807) is 13.0 Å². The highest BCUT2D eigenvalue weighted by Crippen LogP contribution is 2.19. The molecular formula is C11H17N3O3. The molecule has 0 saturated carbocycles. The van der Waals surface area contributed by atoms with Gasteiger partial charge in [0.2, 0.25) is 0 Å². The van der Waals surface area contributed by atoms with Crippen molar-refractivity contribution in [2.75, 3.05) is 11.9 Å². The summed E-state index contributed by atoms with van der Waals surface area (Å²) in [4.78, 5) is 14.2. The first-order chi connectivity index (χ1) is 8.04. The average Bonchev–Trinajstić information content (AvgIpc) is 2.26. The smallest absolute Gasteiger partial charge is 0.290 e. The number of anilines is 1. The van der Waals surface area contributed by atoms with Crippen molar-refractivity contribution in [1.29, 1.82) is 0 Å². The molecule has 2 N–H and O–H groups in total. The zero-order valence-electron chi connectivity index (χ0n) is 10.0. The Bertz CT molecular complexity index is 396. The summed E-state index contributed by atoms with van der Waals surface area (Å²) in [5.41, 5.74) is 0.611. The lowest BCUT2D eigenvalue weighted by atomic mass is 10.2. The van der Waals surface area contributed by atoms with Crippen molar-refractivity contribution >= 4 is 11.5 Å². The minimum Gasteiger partial charge on any atom is -0.396 e. The van der Waals surface area contributed by atoms with Gasteiger partial charge in [0.1, 0.15) is 12.0 Å². The maximum Gasteiger partial charge on any atom is 0.290 e. The molecule has 6 heteroatoms. The van der Waals surface area contributed by atoms with Gasteiger partial charge in [0, 0.05) is 18.2 Å². The Morgan fingerprint density at radius 3 is 2.88 bits per heavy atom. The summed E-state index contributed by atoms with van der Waals surface area (Å²) in [7, 11) is 0. The van der Waals surface area contributed by atoms with Crippen molar-refractivity contribution in [2.24, 2.45) is 0 Å². The number of aryl methyl sites for hydroxylation is 1. The van der Waals surface area contributed by atoms with Gasteiger partial charge < -0.3 is 10.4 Å². The molecule has 1 unspecified atom stereocenters. The van der Waals surface area contributed by atoms with Crippen molar-refractivity contribution < 1.29 is 10.0 Å². The van der Waals surface area contributed by atoms with E-state index in [2.05, 4.69) is 10.3 Å². The lowest BCUT2D eigenvalue weighted by molar-refractivity contribution is -0.385. The van der Waals surface area contributed by atoms with E-state index in [1.165, 1.54) is 6.20 Å². The molecule has 6 nitrogen and oxygen atoms in total. The molecule has 1 atom stereocenters. The van der Waals surface area contributed by atoms with Gasteiger partial charge in [0.05, 0.1) is 4.92 Å². The first kappa shape index (κ1) is 13.4. The Hall–Kier alpha value is -1.69. The number of nitrogens with one attached hydrogen (secondary N) is 1. The van der Waals surface area contributed by atoms with Crippen LogP contribution in [0.5, 0.6) is 0 Å². The van der Waals surface area contributed by atoms with Gasteiger partial charge in [-0.15, -0.1) is 0 Å². The molecule has 0 spiro atoms. The predicted molar refractivity (Wildman–Crippen MR) is 65.0 cm³/mol. The largest absolute Gasteiger partial charge is 0.396 e. The van der Waals surface area contributed by atoms with Crippen molar-refractivity contribution in [3.63, 3.8) is 0 Å². The number of aliphatic hydroxyl groups excluding tert-OH is 1. The second-order valence-corrected chi connectivity index (χ2v) is 4.02. The molecule has 0 aliphatic rings. The maximum atomic E-state index is 10.6. The number of rotatable bonds is 6. The molecule has 0 aliphatic carbocycles. The Labute approximate surface area is 99.8 Å². The van der Waals surface area contributed by atoms with Crippen molar-refractivity contribution in [1.82, 2.24) is 4.98 Å². The molecule has 17 heavy (non-hydrogen) atoms. The SMILES string of the molecule is Cc1cc(NC(C)CCCO)ncc1[N+](=O)[O-]. The summed E-state index contributed by atoms with van der Waals surface area (Å²) >= 11 is 0. The second kappa shape index (κ2) is 6.15. The van der Waals surface area contributed by atoms with E-state index in [-0.39, 0.29) is 18.3 Å². The van der Waals surface area contributed by atoms with E-state index in [4.69, 9.17) is 5.11 Å². The fourth-order valence-corrected chi connectivity index (χ4v) is 1.54. The maximum absolute atomic E-state index is 10.6. The van der Waals surface area contributed by atoms with Crippen LogP contribution in [0.4, 0.5) is 11.5 Å². The van der Waals surface area contributed by atoms with E-state index < -0.39 is 4.92 Å². The number of hydrogen-bond donors (Lipinski definition) is 2. The number of pyridine rings is 1. The van der Waals surface area contributed by atoms with Gasteiger partial charge >= 0.3 is 0 Å². The molecule has 0 aromatic carbocycles. The minimum absolute atomic E-state index is 0.0264. The van der Waals surface area contributed by atoms with E-state index in [9.17, 15) is 10.1 Å². The Morgan fingerprint density at radius 1 is 1.65 bits per heavy atom. The fourth-order valence-electron chi connectivity index (χ4n) is 1.54. The van der Waals surface area contributed by atoms with Crippen LogP contribution in [0.25, 0.3) is 0 Å². The predicted octanol–water partition coefficient (Wildman–Crippen LogP) is 1.87. The second-order valence-electron chi connectivity index (χ2n) is 4.02. The van der Waals surface area contributed by atoms with Gasteiger partial charge in [-0.1, -0.05) is 0 Å². The number of nitro groups is 1. The number of aromatic nitrogens is 1. The fraction of sp³-hybridized carbons (Fsp3) is 0.545. The number of aliphatic hydroxyl groups is 1. The quantitative estimate of drug-likeness (QED) is 0.584. The summed E-state index contributed by atoms with van der Waals surface area (Å²) in [5.74, 6) is 0.624. The van der Waals surface area contributed by atoms with Crippen LogP contribution in [0.3, 0.4) is 0 Å². The lowest BCUT2D eigenvalue weighted by Crippen LogP contribution is -2.16. The summed E-state index contributed by atoms with van der Waals surface area (Å²) in [6, 6.07) is 1.84. The molecule has 0 aliphatic heterocycles. The van der Waals surface area contributed by atoms with Gasteiger partial charge in [-0.05, 0) is 32.8 Å². The van der Waals surface area contributed by atoms with Crippen LogP contribution in [0.1, 0.15) is 25.3 Å². The van der Waals surface area contributed by atoms with Crippen molar-refractivity contribution in [3.8, 4) is 0 Å². The molecule has 1 aromatic heterocycles. The first-order valence-corrected chi connectivity index (χ1v) is 5.53. The molecule has 1 heterocycles. The highest BCUT2D eigenvalue weighted by molar-refractivity contribution is 5.47. The molecule has 0 radical (unpaired) electrons. The summed E-state index contributed by atoms with van der Waals surface area (Å²) in [5, 5.41) is 22.5. The number of nitrogens with zero attached hydrogens (tertiary/aromatic N) is 2. The summed E-state index contributed by atoms with van der Waals surface area (Å²) < 4.78 is 0. The topological polar surface area (TPSA) is 88.3 Å². The highest BCUT2D eigenvalue weighted by Gasteiger charge is 2.12. The third-order valence-corrected chi connectivity index (χ3v) is 2.47. The minimum atomic E-state index is -0.443. The standard InChI is InChI=1S/C11H17N3O3/c1-8-6-11(12-7-10(8)14(16)17)13-9(2)4-3-5-15/h6-7,9,15H,3-5H2,1-2H3,(H,12,13). The van der Waals surface area contributed by atoms with Gasteiger partial charge in [-0.2, -0.15) is 0 Å². The highest BCUT2D eigenvalue weighted by atomic mass is 16.6. The summed E-state index contributed by atoms with van der Waals surface area (Å²) in [6.07, 6.45) is 2.81. The van der Waals surface area contributed by atoms with Crippen LogP contribution in [-0.2, 0) is 0 Å². The van der Waals surface area contributed by atoms with E-state index in [1.807, 2.05) is 6.92 Å². The van der Waals surface area contributed by atoms with Gasteiger partial charge in [0.25, 0.3) is 5.69 Å². The van der Waals surface area contributed by atoms with Gasteiger partial charge in [-0.3, -0.25) is 10.1 Å². The third-order valence-electron chi connectivity index (χ3n) is 2.47. The summed E-state index contributed by atoms with van der Waals surface area (Å²) in [6.45, 7) is 3.83. The van der Waals surface area contributed by atoms with Crippen LogP contribution in [-0.4, -0.2) is 27.7 Å². The van der Waals surface area contributed by atoms with E-state index in [0.29, 0.717) is 11.4 Å². The zero-order chi connectivity index (χ0) is 12.8. The van der Waals surface area contributed by atoms with Crippen LogP contribution in [0.15, 0.2) is 12.3 Å². The lowest BCUT2D eigenvalue weighted by Gasteiger charge is -2.13. The molecule has 94 valence electrons. The molecular weight excluding hydrogens is 222 g/mol. The van der Waals surface area contributed by atoms with Crippen LogP contribution in [0, 0.1) is 17.0 Å².